The quantitative estimate of drug-likeness (QED) is 0.624. The first kappa shape index (κ1) is 15.9. The van der Waals surface area contributed by atoms with E-state index in [-0.39, 0.29) is 24.4 Å². The van der Waals surface area contributed by atoms with Crippen LogP contribution in [0.25, 0.3) is 10.9 Å². The fourth-order valence-electron chi connectivity index (χ4n) is 3.05. The second-order valence-electron chi connectivity index (χ2n) is 5.75. The Kier molecular flexibility index (Phi) is 5.26. The van der Waals surface area contributed by atoms with Crippen LogP contribution >= 0.6 is 0 Å². The molecule has 0 radical (unpaired) electrons. The summed E-state index contributed by atoms with van der Waals surface area (Å²) in [7, 11) is 0. The number of hydrogen-bond acceptors (Lipinski definition) is 1. The van der Waals surface area contributed by atoms with Crippen molar-refractivity contribution in [2.45, 2.75) is 44.2 Å². The molecule has 4 nitrogen and oxygen atoms in total. The average molecular weight is 308 g/mol. The van der Waals surface area contributed by atoms with Crippen LogP contribution in [0.3, 0.4) is 0 Å². The number of halogens is 1. The highest BCUT2D eigenvalue weighted by molar-refractivity contribution is 5.85. The number of carbonyl (C=O) groups excluding carboxylic acids is 1. The number of aromatic nitrogens is 1. The Labute approximate surface area is 130 Å². The van der Waals surface area contributed by atoms with Crippen molar-refractivity contribution in [1.82, 2.24) is 10.3 Å². The largest absolute Gasteiger partial charge is 1.00 e. The van der Waals surface area contributed by atoms with Crippen molar-refractivity contribution in [3.05, 3.63) is 36.0 Å². The smallest absolute Gasteiger partial charge is 0.278 e. The second kappa shape index (κ2) is 6.96. The average Bonchev–Trinajstić information content (AvgIpc) is 3.09. The normalized spacial score (nSPS) is 16.6. The first-order chi connectivity index (χ1) is 9.74. The van der Waals surface area contributed by atoms with Gasteiger partial charge in [-0.1, -0.05) is 31.0 Å². The number of benzene rings is 1. The molecular formula is C16H22ClN3O. The van der Waals surface area contributed by atoms with E-state index in [2.05, 4.69) is 28.2 Å². The molecule has 3 rings (SSSR count). The van der Waals surface area contributed by atoms with Crippen LogP contribution in [0.5, 0.6) is 0 Å². The number of carbonyl (C=O) groups is 1. The maximum Gasteiger partial charge on any atom is 0.278 e. The van der Waals surface area contributed by atoms with Crippen molar-refractivity contribution in [3.63, 3.8) is 0 Å². The van der Waals surface area contributed by atoms with Gasteiger partial charge in [0.05, 0.1) is 0 Å². The van der Waals surface area contributed by atoms with E-state index in [0.717, 1.165) is 18.4 Å². The Morgan fingerprint density at radius 2 is 2.05 bits per heavy atom. The molecule has 0 bridgehead atoms. The Balaban J connectivity index is 0.00000161. The Hall–Kier alpha value is -1.52. The predicted molar refractivity (Wildman–Crippen MR) is 79.1 cm³/mol. The fraction of sp³-hybridized carbons (Fsp3) is 0.438. The molecule has 1 aliphatic carbocycles. The van der Waals surface area contributed by atoms with Gasteiger partial charge in [0, 0.05) is 29.6 Å². The van der Waals surface area contributed by atoms with Crippen LogP contribution in [-0.2, 0) is 11.2 Å². The summed E-state index contributed by atoms with van der Waals surface area (Å²) in [6.45, 7) is 0. The summed E-state index contributed by atoms with van der Waals surface area (Å²) in [5.74, 6) is 0.0854. The molecule has 1 saturated carbocycles. The van der Waals surface area contributed by atoms with Gasteiger partial charge in [-0.05, 0) is 24.5 Å². The number of amides is 1. The minimum absolute atomic E-state index is 0. The van der Waals surface area contributed by atoms with Gasteiger partial charge in [-0.3, -0.25) is 4.79 Å². The topological polar surface area (TPSA) is 72.5 Å². The summed E-state index contributed by atoms with van der Waals surface area (Å²) in [5.41, 5.74) is 6.32. The zero-order valence-corrected chi connectivity index (χ0v) is 12.8. The Bertz CT molecular complexity index is 604. The molecule has 1 heterocycles. The third kappa shape index (κ3) is 3.57. The number of H-pyrrole nitrogens is 1. The van der Waals surface area contributed by atoms with Gasteiger partial charge in [0.1, 0.15) is 0 Å². The van der Waals surface area contributed by atoms with Gasteiger partial charge in [-0.15, -0.1) is 0 Å². The number of rotatable bonds is 4. The zero-order valence-electron chi connectivity index (χ0n) is 12.1. The lowest BCUT2D eigenvalue weighted by atomic mass is 10.0. The minimum Gasteiger partial charge on any atom is -1.00 e. The van der Waals surface area contributed by atoms with E-state index < -0.39 is 0 Å². The van der Waals surface area contributed by atoms with Gasteiger partial charge in [-0.25, -0.2) is 0 Å². The van der Waals surface area contributed by atoms with E-state index in [0.29, 0.717) is 12.5 Å². The second-order valence-corrected chi connectivity index (χ2v) is 5.75. The van der Waals surface area contributed by atoms with E-state index in [4.69, 9.17) is 0 Å². The van der Waals surface area contributed by atoms with Gasteiger partial charge < -0.3 is 28.4 Å². The number of fused-ring (bicyclic) bond motifs is 1. The number of quaternary nitrogens is 1. The summed E-state index contributed by atoms with van der Waals surface area (Å²) >= 11 is 0. The number of hydrogen-bond donors (Lipinski definition) is 3. The molecule has 1 amide bonds. The molecule has 0 unspecified atom stereocenters. The van der Waals surface area contributed by atoms with Gasteiger partial charge in [0.2, 0.25) is 0 Å². The minimum atomic E-state index is -0.227. The Morgan fingerprint density at radius 3 is 2.81 bits per heavy atom. The van der Waals surface area contributed by atoms with Gasteiger partial charge >= 0.3 is 0 Å². The van der Waals surface area contributed by atoms with Crippen molar-refractivity contribution < 1.29 is 22.9 Å². The summed E-state index contributed by atoms with van der Waals surface area (Å²) in [6.07, 6.45) is 7.37. The molecule has 1 aromatic carbocycles. The molecule has 1 atom stereocenters. The van der Waals surface area contributed by atoms with Crippen molar-refractivity contribution in [2.24, 2.45) is 0 Å². The van der Waals surface area contributed by atoms with E-state index in [1.54, 1.807) is 0 Å². The zero-order chi connectivity index (χ0) is 13.9. The van der Waals surface area contributed by atoms with Crippen molar-refractivity contribution in [3.8, 4) is 0 Å². The van der Waals surface area contributed by atoms with Crippen LogP contribution in [0.1, 0.15) is 31.2 Å². The van der Waals surface area contributed by atoms with Crippen molar-refractivity contribution in [1.29, 1.82) is 0 Å². The molecule has 5 N–H and O–H groups in total. The first-order valence-corrected chi connectivity index (χ1v) is 7.42. The summed E-state index contributed by atoms with van der Waals surface area (Å²) in [4.78, 5) is 15.4. The summed E-state index contributed by atoms with van der Waals surface area (Å²) in [6, 6.07) is 8.32. The molecule has 5 heteroatoms. The van der Waals surface area contributed by atoms with Crippen molar-refractivity contribution >= 4 is 16.8 Å². The van der Waals surface area contributed by atoms with Crippen LogP contribution in [0.4, 0.5) is 0 Å². The summed E-state index contributed by atoms with van der Waals surface area (Å²) in [5, 5.41) is 4.32. The van der Waals surface area contributed by atoms with Gasteiger partial charge in [-0.2, -0.15) is 0 Å². The standard InChI is InChI=1S/C16H21N3O.ClH/c17-14(16(20)19-12-5-1-2-6-12)9-11-10-18-15-8-4-3-7-13(11)15;/h3-4,7-8,10,12,14,18H,1-2,5-6,9,17H2,(H,19,20);1H/t14-;/m0./s1. The molecule has 1 aliphatic rings. The lowest BCUT2D eigenvalue weighted by molar-refractivity contribution is -0.403. The Morgan fingerprint density at radius 1 is 1.33 bits per heavy atom. The predicted octanol–water partition coefficient (Wildman–Crippen LogP) is -1.62. The first-order valence-electron chi connectivity index (χ1n) is 7.42. The highest BCUT2D eigenvalue weighted by atomic mass is 35.5. The third-order valence-corrected chi connectivity index (χ3v) is 4.21. The maximum atomic E-state index is 12.2. The molecule has 1 aromatic heterocycles. The molecule has 1 fully saturated rings. The van der Waals surface area contributed by atoms with Crippen LogP contribution in [-0.4, -0.2) is 23.0 Å². The maximum absolute atomic E-state index is 12.2. The molecule has 21 heavy (non-hydrogen) atoms. The monoisotopic (exact) mass is 307 g/mol. The molecule has 114 valence electrons. The fourth-order valence-corrected chi connectivity index (χ4v) is 3.05. The van der Waals surface area contributed by atoms with E-state index in [1.807, 2.05) is 18.3 Å². The lowest BCUT2D eigenvalue weighted by Gasteiger charge is -2.14. The van der Waals surface area contributed by atoms with Crippen LogP contribution in [0.2, 0.25) is 0 Å². The molecule has 0 saturated heterocycles. The summed E-state index contributed by atoms with van der Waals surface area (Å²) < 4.78 is 0. The lowest BCUT2D eigenvalue weighted by Crippen LogP contribution is -3.00. The molecular weight excluding hydrogens is 286 g/mol. The molecule has 0 aliphatic heterocycles. The number of nitrogens with one attached hydrogen (secondary N) is 2. The van der Waals surface area contributed by atoms with Crippen molar-refractivity contribution in [2.75, 3.05) is 0 Å². The highest BCUT2D eigenvalue weighted by Crippen LogP contribution is 2.19. The van der Waals surface area contributed by atoms with E-state index in [9.17, 15) is 4.79 Å². The third-order valence-electron chi connectivity index (χ3n) is 4.21. The highest BCUT2D eigenvalue weighted by Gasteiger charge is 2.24. The van der Waals surface area contributed by atoms with Gasteiger partial charge in [0.15, 0.2) is 6.04 Å². The number of aromatic amines is 1. The van der Waals surface area contributed by atoms with Crippen LogP contribution in [0, 0.1) is 0 Å². The van der Waals surface area contributed by atoms with E-state index >= 15 is 0 Å². The van der Waals surface area contributed by atoms with E-state index in [1.165, 1.54) is 23.8 Å². The molecule has 0 spiro atoms. The molecule has 2 aromatic rings. The SMILES string of the molecule is [Cl-].[NH3+][C@@H](Cc1c[nH]c2ccccc12)C(=O)NC1CCCC1. The number of para-hydroxylation sites is 1. The van der Waals surface area contributed by atoms with Crippen LogP contribution < -0.4 is 23.5 Å². The van der Waals surface area contributed by atoms with Crippen LogP contribution in [0.15, 0.2) is 30.5 Å². The van der Waals surface area contributed by atoms with Gasteiger partial charge in [0.25, 0.3) is 5.91 Å².